The molecular formula is C30H29NO6. The smallest absolute Gasteiger partial charge is 0.300 e. The number of anilines is 1. The molecule has 0 spiro atoms. The molecule has 0 bridgehead atoms. The second-order valence-electron chi connectivity index (χ2n) is 9.46. The van der Waals surface area contributed by atoms with E-state index in [2.05, 4.69) is 0 Å². The van der Waals surface area contributed by atoms with E-state index in [-0.39, 0.29) is 24.0 Å². The molecule has 0 saturated carbocycles. The summed E-state index contributed by atoms with van der Waals surface area (Å²) in [5, 5.41) is 11.6. The zero-order chi connectivity index (χ0) is 26.3. The summed E-state index contributed by atoms with van der Waals surface area (Å²) in [6, 6.07) is 17.2. The topological polar surface area (TPSA) is 85.3 Å². The van der Waals surface area contributed by atoms with Crippen molar-refractivity contribution in [2.24, 2.45) is 0 Å². The van der Waals surface area contributed by atoms with Crippen LogP contribution >= 0.6 is 0 Å². The van der Waals surface area contributed by atoms with Crippen LogP contribution in [0.25, 0.3) is 5.76 Å². The summed E-state index contributed by atoms with van der Waals surface area (Å²) < 4.78 is 16.7. The SMILES string of the molecule is CCOc1ccc(/C(O)=C2\C(=O)C(=O)N(c3ccc4c(c3)OCO4)C2c2cccc(C)c2)cc1C(C)C. The Kier molecular flexibility index (Phi) is 6.38. The Morgan fingerprint density at radius 3 is 2.57 bits per heavy atom. The van der Waals surface area contributed by atoms with E-state index < -0.39 is 17.7 Å². The zero-order valence-corrected chi connectivity index (χ0v) is 21.3. The summed E-state index contributed by atoms with van der Waals surface area (Å²) in [4.78, 5) is 28.4. The minimum absolute atomic E-state index is 0.0344. The van der Waals surface area contributed by atoms with Gasteiger partial charge in [0.05, 0.1) is 18.2 Å². The van der Waals surface area contributed by atoms with Gasteiger partial charge in [-0.05, 0) is 61.2 Å². The summed E-state index contributed by atoms with van der Waals surface area (Å²) in [5.74, 6) is 0.225. The fraction of sp³-hybridized carbons (Fsp3) is 0.267. The Morgan fingerprint density at radius 2 is 1.84 bits per heavy atom. The van der Waals surface area contributed by atoms with Crippen molar-refractivity contribution in [1.82, 2.24) is 0 Å². The van der Waals surface area contributed by atoms with Gasteiger partial charge in [0.1, 0.15) is 11.5 Å². The van der Waals surface area contributed by atoms with Crippen molar-refractivity contribution in [3.05, 3.63) is 88.5 Å². The Hall–Kier alpha value is -4.26. The van der Waals surface area contributed by atoms with E-state index in [1.54, 1.807) is 30.3 Å². The van der Waals surface area contributed by atoms with Gasteiger partial charge in [-0.25, -0.2) is 0 Å². The van der Waals surface area contributed by atoms with Crippen LogP contribution in [0.4, 0.5) is 5.69 Å². The minimum Gasteiger partial charge on any atom is -0.507 e. The monoisotopic (exact) mass is 499 g/mol. The summed E-state index contributed by atoms with van der Waals surface area (Å²) in [5.41, 5.74) is 3.56. The first-order valence-electron chi connectivity index (χ1n) is 12.3. The summed E-state index contributed by atoms with van der Waals surface area (Å²) in [7, 11) is 0. The van der Waals surface area contributed by atoms with Crippen molar-refractivity contribution < 1.29 is 28.9 Å². The van der Waals surface area contributed by atoms with E-state index in [1.165, 1.54) is 4.90 Å². The van der Waals surface area contributed by atoms with Crippen LogP contribution in [0.15, 0.2) is 66.2 Å². The molecule has 0 radical (unpaired) electrons. The first-order chi connectivity index (χ1) is 17.8. The van der Waals surface area contributed by atoms with Crippen LogP contribution in [0.3, 0.4) is 0 Å². The van der Waals surface area contributed by atoms with Crippen LogP contribution < -0.4 is 19.1 Å². The third-order valence-electron chi connectivity index (χ3n) is 6.64. The van der Waals surface area contributed by atoms with Gasteiger partial charge < -0.3 is 19.3 Å². The van der Waals surface area contributed by atoms with Crippen molar-refractivity contribution in [2.45, 2.75) is 39.7 Å². The maximum atomic E-state index is 13.5. The highest BCUT2D eigenvalue weighted by Gasteiger charge is 2.47. The lowest BCUT2D eigenvalue weighted by Gasteiger charge is -2.26. The zero-order valence-electron chi connectivity index (χ0n) is 21.3. The lowest BCUT2D eigenvalue weighted by Crippen LogP contribution is -2.29. The van der Waals surface area contributed by atoms with Crippen molar-refractivity contribution in [2.75, 3.05) is 18.3 Å². The molecule has 0 aliphatic carbocycles. The molecule has 1 amide bonds. The fourth-order valence-electron chi connectivity index (χ4n) is 4.88. The van der Waals surface area contributed by atoms with Crippen molar-refractivity contribution in [1.29, 1.82) is 0 Å². The molecule has 3 aromatic carbocycles. The van der Waals surface area contributed by atoms with E-state index in [0.29, 0.717) is 34.9 Å². The van der Waals surface area contributed by atoms with Crippen LogP contribution in [0.2, 0.25) is 0 Å². The van der Waals surface area contributed by atoms with Crippen LogP contribution in [0, 0.1) is 6.92 Å². The number of ketones is 1. The van der Waals surface area contributed by atoms with Gasteiger partial charge >= 0.3 is 0 Å². The number of nitrogens with zero attached hydrogens (tertiary/aromatic N) is 1. The Labute approximate surface area is 215 Å². The van der Waals surface area contributed by atoms with E-state index in [1.807, 2.05) is 58.0 Å². The second kappa shape index (κ2) is 9.65. The number of rotatable bonds is 6. The number of fused-ring (bicyclic) bond motifs is 1. The maximum Gasteiger partial charge on any atom is 0.300 e. The molecule has 37 heavy (non-hydrogen) atoms. The minimum atomic E-state index is -0.825. The number of aliphatic hydroxyl groups is 1. The van der Waals surface area contributed by atoms with Gasteiger partial charge in [-0.3, -0.25) is 14.5 Å². The predicted molar refractivity (Wildman–Crippen MR) is 140 cm³/mol. The Balaban J connectivity index is 1.69. The largest absolute Gasteiger partial charge is 0.507 e. The van der Waals surface area contributed by atoms with Crippen molar-refractivity contribution in [3.63, 3.8) is 0 Å². The number of ether oxygens (including phenoxy) is 3. The molecule has 5 rings (SSSR count). The highest BCUT2D eigenvalue weighted by Crippen LogP contribution is 2.45. The van der Waals surface area contributed by atoms with Crippen molar-refractivity contribution >= 4 is 23.1 Å². The molecule has 2 aliphatic heterocycles. The molecule has 1 unspecified atom stereocenters. The Morgan fingerprint density at radius 1 is 1.05 bits per heavy atom. The van der Waals surface area contributed by atoms with Gasteiger partial charge in [-0.15, -0.1) is 0 Å². The number of Topliss-reactive ketones (excluding diaryl/α,β-unsaturated/α-hetero) is 1. The van der Waals surface area contributed by atoms with E-state index in [0.717, 1.165) is 16.9 Å². The van der Waals surface area contributed by atoms with Crippen LogP contribution in [-0.4, -0.2) is 30.2 Å². The molecule has 7 heteroatoms. The first-order valence-corrected chi connectivity index (χ1v) is 12.3. The van der Waals surface area contributed by atoms with E-state index in [4.69, 9.17) is 14.2 Å². The first kappa shape index (κ1) is 24.4. The predicted octanol–water partition coefficient (Wildman–Crippen LogP) is 5.87. The highest BCUT2D eigenvalue weighted by molar-refractivity contribution is 6.51. The standard InChI is InChI=1S/C30H29NO6/c1-5-35-23-11-9-20(14-22(23)17(2)3)28(32)26-27(19-8-6-7-18(4)13-19)31(30(34)29(26)33)21-10-12-24-25(15-21)37-16-36-24/h6-15,17,27,32H,5,16H2,1-4H3/b28-26+. The molecule has 0 aromatic heterocycles. The summed E-state index contributed by atoms with van der Waals surface area (Å²) >= 11 is 0. The molecule has 2 heterocycles. The molecule has 1 fully saturated rings. The third-order valence-corrected chi connectivity index (χ3v) is 6.64. The molecule has 1 saturated heterocycles. The average Bonchev–Trinajstić information content (AvgIpc) is 3.45. The maximum absolute atomic E-state index is 13.5. The number of carbonyl (C=O) groups is 2. The number of amides is 1. The Bertz CT molecular complexity index is 1420. The molecule has 3 aromatic rings. The van der Waals surface area contributed by atoms with Crippen LogP contribution in [-0.2, 0) is 9.59 Å². The number of hydrogen-bond donors (Lipinski definition) is 1. The average molecular weight is 500 g/mol. The molecule has 7 nitrogen and oxygen atoms in total. The molecule has 1 atom stereocenters. The van der Waals surface area contributed by atoms with Gasteiger partial charge in [0.15, 0.2) is 11.5 Å². The summed E-state index contributed by atoms with van der Waals surface area (Å²) in [6.07, 6.45) is 0. The molecule has 2 aliphatic rings. The molecule has 190 valence electrons. The number of carbonyl (C=O) groups excluding carboxylic acids is 2. The van der Waals surface area contributed by atoms with Gasteiger partial charge in [0, 0.05) is 17.3 Å². The third kappa shape index (κ3) is 4.31. The van der Waals surface area contributed by atoms with Crippen LogP contribution in [0.5, 0.6) is 17.2 Å². The normalized spacial score (nSPS) is 18.1. The quantitative estimate of drug-likeness (QED) is 0.259. The number of benzene rings is 3. The number of aryl methyl sites for hydroxylation is 1. The van der Waals surface area contributed by atoms with E-state index >= 15 is 0 Å². The lowest BCUT2D eigenvalue weighted by molar-refractivity contribution is -0.132. The van der Waals surface area contributed by atoms with Gasteiger partial charge in [-0.1, -0.05) is 43.7 Å². The van der Waals surface area contributed by atoms with E-state index in [9.17, 15) is 14.7 Å². The van der Waals surface area contributed by atoms with Crippen LogP contribution in [0.1, 0.15) is 55.0 Å². The highest BCUT2D eigenvalue weighted by atomic mass is 16.7. The van der Waals surface area contributed by atoms with Gasteiger partial charge in [-0.2, -0.15) is 0 Å². The number of aliphatic hydroxyl groups excluding tert-OH is 1. The molecular weight excluding hydrogens is 470 g/mol. The van der Waals surface area contributed by atoms with Gasteiger partial charge in [0.25, 0.3) is 11.7 Å². The van der Waals surface area contributed by atoms with Gasteiger partial charge in [0.2, 0.25) is 6.79 Å². The second-order valence-corrected chi connectivity index (χ2v) is 9.46. The lowest BCUT2D eigenvalue weighted by atomic mass is 9.92. The number of hydrogen-bond acceptors (Lipinski definition) is 6. The fourth-order valence-corrected chi connectivity index (χ4v) is 4.88. The molecule has 1 N–H and O–H groups in total. The van der Waals surface area contributed by atoms with Crippen molar-refractivity contribution in [3.8, 4) is 17.2 Å². The summed E-state index contributed by atoms with van der Waals surface area (Å²) in [6.45, 7) is 8.53.